The summed E-state index contributed by atoms with van der Waals surface area (Å²) < 4.78 is 28.9. The van der Waals surface area contributed by atoms with Gasteiger partial charge in [0, 0.05) is 42.4 Å². The molecule has 1 N–H and O–H groups in total. The molecule has 0 amide bonds. The summed E-state index contributed by atoms with van der Waals surface area (Å²) in [6.45, 7) is 5.46. The fourth-order valence-corrected chi connectivity index (χ4v) is 4.83. The Morgan fingerprint density at radius 2 is 2.16 bits per heavy atom. The lowest BCUT2D eigenvalue weighted by Gasteiger charge is -2.27. The highest BCUT2D eigenvalue weighted by atomic mass is 19.1. The Morgan fingerprint density at radius 3 is 2.97 bits per heavy atom. The number of hydrogen-bond donors (Lipinski definition) is 1. The maximum Gasteiger partial charge on any atom is 0.250 e. The van der Waals surface area contributed by atoms with E-state index in [1.54, 1.807) is 10.9 Å². The predicted molar refractivity (Wildman–Crippen MR) is 118 cm³/mol. The summed E-state index contributed by atoms with van der Waals surface area (Å²) in [6.07, 6.45) is 9.34. The zero-order chi connectivity index (χ0) is 22.1. The second-order valence-electron chi connectivity index (χ2n) is 8.68. The summed E-state index contributed by atoms with van der Waals surface area (Å²) in [7, 11) is 1.41. The zero-order valence-electron chi connectivity index (χ0n) is 18.6. The molecule has 0 spiro atoms. The molecular formula is C23H29FN6O2. The van der Waals surface area contributed by atoms with Crippen LogP contribution in [0.25, 0.3) is 16.9 Å². The molecule has 0 radical (unpaired) electrons. The number of methoxy groups -OCH3 is 1. The van der Waals surface area contributed by atoms with Crippen molar-refractivity contribution in [1.29, 1.82) is 0 Å². The van der Waals surface area contributed by atoms with Gasteiger partial charge in [0.2, 0.25) is 5.88 Å². The Bertz CT molecular complexity index is 1090. The van der Waals surface area contributed by atoms with Gasteiger partial charge in [0.25, 0.3) is 0 Å². The summed E-state index contributed by atoms with van der Waals surface area (Å²) in [5.41, 5.74) is 4.60. The van der Waals surface area contributed by atoms with Gasteiger partial charge in [-0.2, -0.15) is 10.2 Å². The molecule has 8 nitrogen and oxygen atoms in total. The summed E-state index contributed by atoms with van der Waals surface area (Å²) >= 11 is 0. The van der Waals surface area contributed by atoms with E-state index in [4.69, 9.17) is 14.6 Å². The molecule has 32 heavy (non-hydrogen) atoms. The van der Waals surface area contributed by atoms with Crippen molar-refractivity contribution in [3.8, 4) is 22.8 Å². The molecule has 2 atom stereocenters. The number of piperidine rings is 1. The smallest absolute Gasteiger partial charge is 0.250 e. The SMILES string of the molecule is COc1ncc(-n2nc(-c3cnn(CC4CCNC(C)C4)c3)c3c2CCOCC3)cc1F. The Labute approximate surface area is 186 Å². The van der Waals surface area contributed by atoms with Gasteiger partial charge in [-0.25, -0.2) is 14.1 Å². The van der Waals surface area contributed by atoms with Gasteiger partial charge in [0.05, 0.1) is 49.8 Å². The molecule has 0 bridgehead atoms. The Kier molecular flexibility index (Phi) is 5.93. The van der Waals surface area contributed by atoms with Gasteiger partial charge < -0.3 is 14.8 Å². The maximum atomic E-state index is 14.4. The van der Waals surface area contributed by atoms with Crippen molar-refractivity contribution in [3.05, 3.63) is 41.7 Å². The van der Waals surface area contributed by atoms with E-state index in [1.165, 1.54) is 13.2 Å². The lowest BCUT2D eigenvalue weighted by Crippen LogP contribution is -2.37. The highest BCUT2D eigenvalue weighted by Crippen LogP contribution is 2.31. The standard InChI is InChI=1S/C23H29FN6O2/c1-15-9-16(3-6-25-15)13-29-14-17(11-27-29)22-19-4-7-32-8-5-21(19)30(28-22)18-10-20(24)23(31-2)26-12-18/h10-12,14-16,25H,3-9,13H2,1-2H3. The van der Waals surface area contributed by atoms with Crippen molar-refractivity contribution < 1.29 is 13.9 Å². The Hall–Kier alpha value is -2.78. The number of hydrogen-bond acceptors (Lipinski definition) is 6. The Morgan fingerprint density at radius 1 is 1.28 bits per heavy atom. The molecule has 2 aliphatic rings. The summed E-state index contributed by atoms with van der Waals surface area (Å²) in [6, 6.07) is 1.96. The van der Waals surface area contributed by atoms with E-state index in [2.05, 4.69) is 28.5 Å². The number of fused-ring (bicyclic) bond motifs is 1. The molecule has 9 heteroatoms. The zero-order valence-corrected chi connectivity index (χ0v) is 18.6. The van der Waals surface area contributed by atoms with Crippen molar-refractivity contribution in [2.24, 2.45) is 5.92 Å². The van der Waals surface area contributed by atoms with Gasteiger partial charge in [-0.1, -0.05) is 0 Å². The summed E-state index contributed by atoms with van der Waals surface area (Å²) in [5, 5.41) is 13.0. The minimum Gasteiger partial charge on any atom is -0.479 e. The molecular weight excluding hydrogens is 411 g/mol. The molecule has 1 saturated heterocycles. The van der Waals surface area contributed by atoms with E-state index >= 15 is 0 Å². The van der Waals surface area contributed by atoms with Gasteiger partial charge in [-0.05, 0) is 38.6 Å². The fourth-order valence-electron chi connectivity index (χ4n) is 4.83. The molecule has 2 aliphatic heterocycles. The van der Waals surface area contributed by atoms with Crippen LogP contribution in [-0.2, 0) is 24.1 Å². The minimum absolute atomic E-state index is 0.0240. The number of nitrogens with zero attached hydrogens (tertiary/aromatic N) is 5. The van der Waals surface area contributed by atoms with E-state index in [-0.39, 0.29) is 5.88 Å². The molecule has 5 heterocycles. The van der Waals surface area contributed by atoms with Crippen LogP contribution >= 0.6 is 0 Å². The van der Waals surface area contributed by atoms with Crippen molar-refractivity contribution in [2.45, 2.75) is 45.2 Å². The number of rotatable bonds is 5. The number of ether oxygens (including phenoxy) is 2. The molecule has 2 unspecified atom stereocenters. The van der Waals surface area contributed by atoms with E-state index in [0.717, 1.165) is 54.9 Å². The number of halogens is 1. The lowest BCUT2D eigenvalue weighted by atomic mass is 9.93. The van der Waals surface area contributed by atoms with Crippen LogP contribution in [0, 0.1) is 11.7 Å². The van der Waals surface area contributed by atoms with Crippen LogP contribution in [0.5, 0.6) is 5.88 Å². The number of nitrogens with one attached hydrogen (secondary N) is 1. The number of pyridine rings is 1. The van der Waals surface area contributed by atoms with Crippen molar-refractivity contribution in [3.63, 3.8) is 0 Å². The largest absolute Gasteiger partial charge is 0.479 e. The third-order valence-electron chi connectivity index (χ3n) is 6.38. The monoisotopic (exact) mass is 440 g/mol. The molecule has 5 rings (SSSR count). The maximum absolute atomic E-state index is 14.4. The van der Waals surface area contributed by atoms with Gasteiger partial charge in [-0.3, -0.25) is 4.68 Å². The molecule has 3 aromatic rings. The molecule has 0 aliphatic carbocycles. The third-order valence-corrected chi connectivity index (χ3v) is 6.38. The van der Waals surface area contributed by atoms with Gasteiger partial charge in [0.1, 0.15) is 0 Å². The average Bonchev–Trinajstić information content (AvgIpc) is 3.30. The molecule has 170 valence electrons. The average molecular weight is 441 g/mol. The highest BCUT2D eigenvalue weighted by Gasteiger charge is 2.24. The van der Waals surface area contributed by atoms with E-state index < -0.39 is 5.82 Å². The van der Waals surface area contributed by atoms with E-state index in [1.807, 2.05) is 10.9 Å². The topological polar surface area (TPSA) is 79.0 Å². The number of aromatic nitrogens is 5. The normalized spacial score (nSPS) is 21.2. The summed E-state index contributed by atoms with van der Waals surface area (Å²) in [5.74, 6) is 0.0872. The van der Waals surface area contributed by atoms with Crippen molar-refractivity contribution in [2.75, 3.05) is 26.9 Å². The second kappa shape index (κ2) is 8.99. The first kappa shape index (κ1) is 21.1. The first-order valence-electron chi connectivity index (χ1n) is 11.3. The summed E-state index contributed by atoms with van der Waals surface area (Å²) in [4.78, 5) is 4.09. The minimum atomic E-state index is -0.510. The predicted octanol–water partition coefficient (Wildman–Crippen LogP) is 2.78. The van der Waals surface area contributed by atoms with Crippen LogP contribution in [0.15, 0.2) is 24.7 Å². The first-order valence-corrected chi connectivity index (χ1v) is 11.3. The van der Waals surface area contributed by atoms with Gasteiger partial charge >= 0.3 is 0 Å². The molecule has 3 aromatic heterocycles. The lowest BCUT2D eigenvalue weighted by molar-refractivity contribution is 0.145. The van der Waals surface area contributed by atoms with E-state index in [9.17, 15) is 4.39 Å². The van der Waals surface area contributed by atoms with Crippen LogP contribution in [0.1, 0.15) is 31.0 Å². The molecule has 0 saturated carbocycles. The third kappa shape index (κ3) is 4.14. The van der Waals surface area contributed by atoms with Gasteiger partial charge in [0.15, 0.2) is 5.82 Å². The highest BCUT2D eigenvalue weighted by molar-refractivity contribution is 5.64. The first-order chi connectivity index (χ1) is 15.6. The van der Waals surface area contributed by atoms with Crippen molar-refractivity contribution in [1.82, 2.24) is 29.9 Å². The van der Waals surface area contributed by atoms with Crippen molar-refractivity contribution >= 4 is 0 Å². The fraction of sp³-hybridized carbons (Fsp3) is 0.522. The quantitative estimate of drug-likeness (QED) is 0.657. The second-order valence-corrected chi connectivity index (χ2v) is 8.68. The molecule has 0 aromatic carbocycles. The van der Waals surface area contributed by atoms with Crippen LogP contribution < -0.4 is 10.1 Å². The van der Waals surface area contributed by atoms with Crippen LogP contribution in [0.4, 0.5) is 4.39 Å². The molecule has 1 fully saturated rings. The Balaban J connectivity index is 1.48. The van der Waals surface area contributed by atoms with E-state index in [0.29, 0.717) is 37.3 Å². The van der Waals surface area contributed by atoms with Crippen LogP contribution in [-0.4, -0.2) is 57.5 Å². The van der Waals surface area contributed by atoms with Crippen LogP contribution in [0.2, 0.25) is 0 Å². The van der Waals surface area contributed by atoms with Gasteiger partial charge in [-0.15, -0.1) is 0 Å². The van der Waals surface area contributed by atoms with Crippen LogP contribution in [0.3, 0.4) is 0 Å².